The van der Waals surface area contributed by atoms with Crippen molar-refractivity contribution in [3.8, 4) is 5.75 Å². The summed E-state index contributed by atoms with van der Waals surface area (Å²) in [6.45, 7) is 2.60. The number of ketones is 1. The molecule has 0 heterocycles. The standard InChI is InChI=1S/C13H19NO2/c1-2-10(9-14)6-13(16)8-11-4-3-5-12(15)7-11/h3-5,7,10,15H,2,6,8-9,14H2,1H3. The van der Waals surface area contributed by atoms with E-state index in [1.54, 1.807) is 18.2 Å². The van der Waals surface area contributed by atoms with Crippen LogP contribution in [0.2, 0.25) is 0 Å². The molecule has 1 unspecified atom stereocenters. The third kappa shape index (κ3) is 4.03. The molecule has 0 aromatic heterocycles. The molecule has 0 fully saturated rings. The fraction of sp³-hybridized carbons (Fsp3) is 0.462. The van der Waals surface area contributed by atoms with Gasteiger partial charge in [-0.1, -0.05) is 25.5 Å². The molecule has 3 heteroatoms. The van der Waals surface area contributed by atoms with Crippen LogP contribution in [0.5, 0.6) is 5.75 Å². The number of hydrogen-bond acceptors (Lipinski definition) is 3. The molecule has 0 bridgehead atoms. The van der Waals surface area contributed by atoms with Crippen molar-refractivity contribution in [3.05, 3.63) is 29.8 Å². The Hall–Kier alpha value is -1.35. The van der Waals surface area contributed by atoms with Gasteiger partial charge in [0, 0.05) is 12.8 Å². The van der Waals surface area contributed by atoms with Gasteiger partial charge in [-0.25, -0.2) is 0 Å². The SMILES string of the molecule is CCC(CN)CC(=O)Cc1cccc(O)c1. The van der Waals surface area contributed by atoms with Crippen LogP contribution in [-0.4, -0.2) is 17.4 Å². The quantitative estimate of drug-likeness (QED) is 0.771. The molecular formula is C13H19NO2. The van der Waals surface area contributed by atoms with Gasteiger partial charge in [-0.2, -0.15) is 0 Å². The van der Waals surface area contributed by atoms with Crippen LogP contribution in [0, 0.1) is 5.92 Å². The predicted octanol–water partition coefficient (Wildman–Crippen LogP) is 1.88. The minimum atomic E-state index is 0.183. The van der Waals surface area contributed by atoms with Crippen LogP contribution in [0.1, 0.15) is 25.3 Å². The lowest BCUT2D eigenvalue weighted by molar-refractivity contribution is -0.119. The van der Waals surface area contributed by atoms with Gasteiger partial charge in [0.2, 0.25) is 0 Å². The highest BCUT2D eigenvalue weighted by molar-refractivity contribution is 5.81. The lowest BCUT2D eigenvalue weighted by atomic mass is 9.96. The summed E-state index contributed by atoms with van der Waals surface area (Å²) in [5.41, 5.74) is 6.42. The van der Waals surface area contributed by atoms with E-state index in [0.29, 0.717) is 19.4 Å². The summed E-state index contributed by atoms with van der Waals surface area (Å²) in [4.78, 5) is 11.7. The first-order chi connectivity index (χ1) is 7.65. The van der Waals surface area contributed by atoms with Crippen LogP contribution in [0.4, 0.5) is 0 Å². The van der Waals surface area contributed by atoms with Crippen molar-refractivity contribution in [2.24, 2.45) is 11.7 Å². The summed E-state index contributed by atoms with van der Waals surface area (Å²) in [7, 11) is 0. The molecule has 3 N–H and O–H groups in total. The Morgan fingerprint density at radius 2 is 2.25 bits per heavy atom. The lowest BCUT2D eigenvalue weighted by Crippen LogP contribution is -2.18. The second-order valence-corrected chi connectivity index (χ2v) is 4.10. The molecule has 0 radical (unpaired) electrons. The van der Waals surface area contributed by atoms with Gasteiger partial charge in [0.25, 0.3) is 0 Å². The number of aromatic hydroxyl groups is 1. The van der Waals surface area contributed by atoms with Crippen LogP contribution < -0.4 is 5.73 Å². The summed E-state index contributed by atoms with van der Waals surface area (Å²) in [6.07, 6.45) is 1.84. The molecule has 1 aromatic rings. The molecule has 0 aliphatic heterocycles. The first-order valence-corrected chi connectivity index (χ1v) is 5.65. The van der Waals surface area contributed by atoms with Crippen LogP contribution in [0.25, 0.3) is 0 Å². The number of Topliss-reactive ketones (excluding diaryl/α,β-unsaturated/α-hetero) is 1. The van der Waals surface area contributed by atoms with E-state index < -0.39 is 0 Å². The van der Waals surface area contributed by atoms with Gasteiger partial charge in [0.05, 0.1) is 0 Å². The molecule has 1 aromatic carbocycles. The minimum absolute atomic E-state index is 0.183. The smallest absolute Gasteiger partial charge is 0.137 e. The van der Waals surface area contributed by atoms with Crippen molar-refractivity contribution < 1.29 is 9.90 Å². The summed E-state index contributed by atoms with van der Waals surface area (Å²) in [5, 5.41) is 9.27. The van der Waals surface area contributed by atoms with Crippen LogP contribution in [0.3, 0.4) is 0 Å². The minimum Gasteiger partial charge on any atom is -0.508 e. The lowest BCUT2D eigenvalue weighted by Gasteiger charge is -2.10. The highest BCUT2D eigenvalue weighted by Gasteiger charge is 2.11. The Bertz CT molecular complexity index is 346. The molecule has 0 aliphatic rings. The average Bonchev–Trinajstić information content (AvgIpc) is 2.26. The van der Waals surface area contributed by atoms with E-state index in [-0.39, 0.29) is 17.5 Å². The number of phenols is 1. The second kappa shape index (κ2) is 6.28. The van der Waals surface area contributed by atoms with Crippen molar-refractivity contribution in [3.63, 3.8) is 0 Å². The molecule has 0 saturated carbocycles. The summed E-state index contributed by atoms with van der Waals surface area (Å²) < 4.78 is 0. The van der Waals surface area contributed by atoms with Gasteiger partial charge in [-0.05, 0) is 30.2 Å². The summed E-state index contributed by atoms with van der Waals surface area (Å²) >= 11 is 0. The average molecular weight is 221 g/mol. The normalized spacial score (nSPS) is 12.4. The highest BCUT2D eigenvalue weighted by atomic mass is 16.3. The van der Waals surface area contributed by atoms with Crippen LogP contribution in [-0.2, 0) is 11.2 Å². The molecule has 3 nitrogen and oxygen atoms in total. The van der Waals surface area contributed by atoms with Crippen molar-refractivity contribution in [1.82, 2.24) is 0 Å². The number of rotatable bonds is 6. The number of hydrogen-bond donors (Lipinski definition) is 2. The maximum Gasteiger partial charge on any atom is 0.137 e. The molecular weight excluding hydrogens is 202 g/mol. The van der Waals surface area contributed by atoms with E-state index in [1.807, 2.05) is 13.0 Å². The van der Waals surface area contributed by atoms with Crippen molar-refractivity contribution in [2.75, 3.05) is 6.54 Å². The van der Waals surface area contributed by atoms with Gasteiger partial charge < -0.3 is 10.8 Å². The maximum absolute atomic E-state index is 11.7. The maximum atomic E-state index is 11.7. The van der Waals surface area contributed by atoms with E-state index >= 15 is 0 Å². The van der Waals surface area contributed by atoms with E-state index in [9.17, 15) is 9.90 Å². The van der Waals surface area contributed by atoms with Crippen LogP contribution in [0.15, 0.2) is 24.3 Å². The molecule has 16 heavy (non-hydrogen) atoms. The molecule has 0 aliphatic carbocycles. The topological polar surface area (TPSA) is 63.3 Å². The van der Waals surface area contributed by atoms with Crippen LogP contribution >= 0.6 is 0 Å². The summed E-state index contributed by atoms with van der Waals surface area (Å²) in [5.74, 6) is 0.670. The number of carbonyl (C=O) groups is 1. The first-order valence-electron chi connectivity index (χ1n) is 5.65. The molecule has 1 rings (SSSR count). The predicted molar refractivity (Wildman–Crippen MR) is 64.3 cm³/mol. The molecule has 0 saturated heterocycles. The van der Waals surface area contributed by atoms with E-state index in [0.717, 1.165) is 12.0 Å². The van der Waals surface area contributed by atoms with E-state index in [4.69, 9.17) is 5.73 Å². The third-order valence-electron chi connectivity index (χ3n) is 2.74. The van der Waals surface area contributed by atoms with Gasteiger partial charge in [0.15, 0.2) is 0 Å². The molecule has 0 spiro atoms. The molecule has 0 amide bonds. The fourth-order valence-electron chi connectivity index (χ4n) is 1.68. The van der Waals surface area contributed by atoms with E-state index in [2.05, 4.69) is 0 Å². The Morgan fingerprint density at radius 3 is 2.81 bits per heavy atom. The third-order valence-corrected chi connectivity index (χ3v) is 2.74. The van der Waals surface area contributed by atoms with Crippen molar-refractivity contribution in [1.29, 1.82) is 0 Å². The fourth-order valence-corrected chi connectivity index (χ4v) is 1.68. The summed E-state index contributed by atoms with van der Waals surface area (Å²) in [6, 6.07) is 6.82. The Kier molecular flexibility index (Phi) is 4.99. The van der Waals surface area contributed by atoms with Gasteiger partial charge in [0.1, 0.15) is 11.5 Å². The highest BCUT2D eigenvalue weighted by Crippen LogP contribution is 2.14. The number of phenolic OH excluding ortho intramolecular Hbond substituents is 1. The molecule has 1 atom stereocenters. The monoisotopic (exact) mass is 221 g/mol. The molecule has 88 valence electrons. The second-order valence-electron chi connectivity index (χ2n) is 4.10. The van der Waals surface area contributed by atoms with Gasteiger partial charge >= 0.3 is 0 Å². The van der Waals surface area contributed by atoms with Gasteiger partial charge in [-0.3, -0.25) is 4.79 Å². The first kappa shape index (κ1) is 12.7. The largest absolute Gasteiger partial charge is 0.508 e. The number of carbonyl (C=O) groups excluding carboxylic acids is 1. The Balaban J connectivity index is 2.51. The van der Waals surface area contributed by atoms with E-state index in [1.165, 1.54) is 0 Å². The van der Waals surface area contributed by atoms with Gasteiger partial charge in [-0.15, -0.1) is 0 Å². The van der Waals surface area contributed by atoms with Crippen molar-refractivity contribution >= 4 is 5.78 Å². The van der Waals surface area contributed by atoms with Crippen molar-refractivity contribution in [2.45, 2.75) is 26.2 Å². The Labute approximate surface area is 96.3 Å². The zero-order valence-corrected chi connectivity index (χ0v) is 9.65. The number of nitrogens with two attached hydrogens (primary N) is 1. The Morgan fingerprint density at radius 1 is 1.50 bits per heavy atom. The number of benzene rings is 1. The zero-order chi connectivity index (χ0) is 12.0. The zero-order valence-electron chi connectivity index (χ0n) is 9.65.